The third-order valence-electron chi connectivity index (χ3n) is 3.21. The van der Waals surface area contributed by atoms with E-state index in [1.807, 2.05) is 19.1 Å². The molecule has 0 saturated carbocycles. The number of halogens is 4. The number of hydrogen-bond donors (Lipinski definition) is 0. The van der Waals surface area contributed by atoms with Gasteiger partial charge in [-0.3, -0.25) is 0 Å². The molecule has 3 nitrogen and oxygen atoms in total. The van der Waals surface area contributed by atoms with Crippen molar-refractivity contribution in [1.82, 2.24) is 0 Å². The molecule has 0 N–H and O–H groups in total. The van der Waals surface area contributed by atoms with Crippen LogP contribution in [0, 0.1) is 0 Å². The van der Waals surface area contributed by atoms with Crippen molar-refractivity contribution in [3.05, 3.63) is 35.4 Å². The monoisotopic (exact) mass is 367 g/mol. The summed E-state index contributed by atoms with van der Waals surface area (Å²) in [6.45, 7) is 0.567. The maximum Gasteiger partial charge on any atom is 0.411 e. The number of ether oxygens (including phenoxy) is 1. The van der Waals surface area contributed by atoms with Crippen LogP contribution in [0.5, 0.6) is 0 Å². The number of benzene rings is 1. The Balaban J connectivity index is 1.88. The third kappa shape index (κ3) is 5.90. The molecule has 128 valence electrons. The smallest absolute Gasteiger partial charge is 0.387 e. The van der Waals surface area contributed by atoms with Crippen molar-refractivity contribution in [1.29, 1.82) is 0 Å². The van der Waals surface area contributed by atoms with Gasteiger partial charge in [0.25, 0.3) is 0 Å². The van der Waals surface area contributed by atoms with Crippen LogP contribution >= 0.6 is 23.4 Å². The Morgan fingerprint density at radius 2 is 2.04 bits per heavy atom. The number of rotatable bonds is 6. The molecule has 0 spiro atoms. The Labute approximate surface area is 142 Å². The number of alkyl halides is 4. The number of oxime groups is 1. The molecule has 1 atom stereocenters. The molecule has 23 heavy (non-hydrogen) atoms. The standard InChI is InChI=1S/C15H17ClF3NO2S/c1-14(9-16)6-13(20-22-14)23-8-12-5-3-2-4-11(12)7-21-10-15(17,18)19/h2-5H,6-10H2,1H3. The zero-order valence-corrected chi connectivity index (χ0v) is 14.1. The molecular formula is C15H17ClF3NO2S. The number of thioether (sulfide) groups is 1. The summed E-state index contributed by atoms with van der Waals surface area (Å²) in [5.41, 5.74) is 1.19. The first-order chi connectivity index (χ1) is 10.8. The fourth-order valence-electron chi connectivity index (χ4n) is 1.97. The second-order valence-electron chi connectivity index (χ2n) is 5.50. The predicted octanol–water partition coefficient (Wildman–Crippen LogP) is 4.73. The van der Waals surface area contributed by atoms with Crippen molar-refractivity contribution in [2.75, 3.05) is 12.5 Å². The van der Waals surface area contributed by atoms with Crippen molar-refractivity contribution in [3.8, 4) is 0 Å². The van der Waals surface area contributed by atoms with Gasteiger partial charge >= 0.3 is 6.18 Å². The highest BCUT2D eigenvalue weighted by Crippen LogP contribution is 2.31. The van der Waals surface area contributed by atoms with Crippen LogP contribution in [-0.4, -0.2) is 29.3 Å². The molecule has 0 aliphatic carbocycles. The molecule has 1 aromatic carbocycles. The summed E-state index contributed by atoms with van der Waals surface area (Å²) >= 11 is 7.33. The maximum absolute atomic E-state index is 12.1. The quantitative estimate of drug-likeness (QED) is 0.681. The van der Waals surface area contributed by atoms with Crippen molar-refractivity contribution in [3.63, 3.8) is 0 Å². The van der Waals surface area contributed by atoms with Gasteiger partial charge in [-0.15, -0.1) is 23.4 Å². The fraction of sp³-hybridized carbons (Fsp3) is 0.533. The molecule has 0 aromatic heterocycles. The zero-order chi connectivity index (χ0) is 16.9. The van der Waals surface area contributed by atoms with Gasteiger partial charge in [0.1, 0.15) is 11.7 Å². The second-order valence-corrected chi connectivity index (χ2v) is 6.82. The van der Waals surface area contributed by atoms with Gasteiger partial charge in [0, 0.05) is 12.2 Å². The van der Waals surface area contributed by atoms with Gasteiger partial charge < -0.3 is 9.57 Å². The van der Waals surface area contributed by atoms with Gasteiger partial charge in [-0.2, -0.15) is 13.2 Å². The minimum Gasteiger partial charge on any atom is -0.387 e. The first-order valence-electron chi connectivity index (χ1n) is 6.96. The molecule has 0 amide bonds. The predicted molar refractivity (Wildman–Crippen MR) is 85.7 cm³/mol. The molecule has 0 fully saturated rings. The van der Waals surface area contributed by atoms with Gasteiger partial charge in [-0.25, -0.2) is 0 Å². The lowest BCUT2D eigenvalue weighted by molar-refractivity contribution is -0.176. The van der Waals surface area contributed by atoms with Crippen molar-refractivity contribution >= 4 is 28.4 Å². The first kappa shape index (κ1) is 18.4. The summed E-state index contributed by atoms with van der Waals surface area (Å²) in [6.07, 6.45) is -3.68. The van der Waals surface area contributed by atoms with E-state index < -0.39 is 18.4 Å². The van der Waals surface area contributed by atoms with Gasteiger partial charge in [0.15, 0.2) is 5.60 Å². The molecular weight excluding hydrogens is 351 g/mol. The zero-order valence-electron chi connectivity index (χ0n) is 12.5. The summed E-state index contributed by atoms with van der Waals surface area (Å²) in [4.78, 5) is 5.31. The molecule has 0 saturated heterocycles. The van der Waals surface area contributed by atoms with E-state index >= 15 is 0 Å². The molecule has 0 radical (unpaired) electrons. The molecule has 8 heteroatoms. The van der Waals surface area contributed by atoms with Gasteiger partial charge in [-0.05, 0) is 18.1 Å². The number of hydrogen-bond acceptors (Lipinski definition) is 4. The van der Waals surface area contributed by atoms with Gasteiger partial charge in [-0.1, -0.05) is 29.4 Å². The van der Waals surface area contributed by atoms with E-state index in [0.717, 1.165) is 16.2 Å². The summed E-state index contributed by atoms with van der Waals surface area (Å²) < 4.78 is 41.2. The van der Waals surface area contributed by atoms with Crippen LogP contribution < -0.4 is 0 Å². The van der Waals surface area contributed by atoms with Crippen LogP contribution in [0.25, 0.3) is 0 Å². The lowest BCUT2D eigenvalue weighted by atomic mass is 10.1. The van der Waals surface area contributed by atoms with E-state index in [0.29, 0.717) is 18.1 Å². The van der Waals surface area contributed by atoms with Crippen LogP contribution in [0.4, 0.5) is 13.2 Å². The van der Waals surface area contributed by atoms with E-state index in [4.69, 9.17) is 21.2 Å². The van der Waals surface area contributed by atoms with Crippen LogP contribution in [0.1, 0.15) is 24.5 Å². The van der Waals surface area contributed by atoms with E-state index in [2.05, 4.69) is 5.16 Å². The fourth-order valence-corrected chi connectivity index (χ4v) is 3.22. The Kier molecular flexibility index (Phi) is 6.22. The molecule has 1 heterocycles. The van der Waals surface area contributed by atoms with Crippen molar-refractivity contribution < 1.29 is 22.7 Å². The minimum atomic E-state index is -4.31. The van der Waals surface area contributed by atoms with E-state index in [9.17, 15) is 13.2 Å². The van der Waals surface area contributed by atoms with Crippen LogP contribution in [0.2, 0.25) is 0 Å². The van der Waals surface area contributed by atoms with Crippen molar-refractivity contribution in [2.45, 2.75) is 37.5 Å². The summed E-state index contributed by atoms with van der Waals surface area (Å²) in [7, 11) is 0. The van der Waals surface area contributed by atoms with E-state index in [-0.39, 0.29) is 6.61 Å². The molecule has 1 aliphatic rings. The Bertz CT molecular complexity index is 568. The SMILES string of the molecule is CC1(CCl)CC(SCc2ccccc2COCC(F)(F)F)=NO1. The van der Waals surface area contributed by atoms with Crippen LogP contribution in [0.15, 0.2) is 29.4 Å². The normalized spacial score (nSPS) is 21.2. The van der Waals surface area contributed by atoms with Crippen molar-refractivity contribution in [2.24, 2.45) is 5.16 Å². The Hall–Kier alpha value is -0.920. The van der Waals surface area contributed by atoms with Crippen LogP contribution in [-0.2, 0) is 21.9 Å². The highest BCUT2D eigenvalue weighted by molar-refractivity contribution is 8.13. The Morgan fingerprint density at radius 3 is 2.65 bits per heavy atom. The topological polar surface area (TPSA) is 30.8 Å². The van der Waals surface area contributed by atoms with E-state index in [1.165, 1.54) is 11.8 Å². The van der Waals surface area contributed by atoms with Gasteiger partial charge in [0.05, 0.1) is 12.5 Å². The third-order valence-corrected chi connectivity index (χ3v) is 4.78. The average molecular weight is 368 g/mol. The first-order valence-corrected chi connectivity index (χ1v) is 8.48. The highest BCUT2D eigenvalue weighted by atomic mass is 35.5. The summed E-state index contributed by atoms with van der Waals surface area (Å²) in [5.74, 6) is 0.939. The molecule has 0 bridgehead atoms. The van der Waals surface area contributed by atoms with E-state index in [1.54, 1.807) is 12.1 Å². The summed E-state index contributed by atoms with van der Waals surface area (Å²) in [6, 6.07) is 7.26. The van der Waals surface area contributed by atoms with Crippen LogP contribution in [0.3, 0.4) is 0 Å². The Morgan fingerprint density at radius 1 is 1.35 bits per heavy atom. The maximum atomic E-state index is 12.1. The molecule has 2 rings (SSSR count). The minimum absolute atomic E-state index is 0.0708. The average Bonchev–Trinajstić information content (AvgIpc) is 2.87. The second kappa shape index (κ2) is 7.77. The lowest BCUT2D eigenvalue weighted by Gasteiger charge is -2.16. The summed E-state index contributed by atoms with van der Waals surface area (Å²) in [5, 5.41) is 4.85. The molecule has 1 aliphatic heterocycles. The lowest BCUT2D eigenvalue weighted by Crippen LogP contribution is -2.26. The highest BCUT2D eigenvalue weighted by Gasteiger charge is 2.33. The molecule has 1 unspecified atom stereocenters. The number of nitrogens with zero attached hydrogens (tertiary/aromatic N) is 1. The largest absolute Gasteiger partial charge is 0.411 e. The molecule has 1 aromatic rings. The van der Waals surface area contributed by atoms with Gasteiger partial charge in [0.2, 0.25) is 0 Å².